The first-order valence-corrected chi connectivity index (χ1v) is 11.3. The highest BCUT2D eigenvalue weighted by atomic mass is 16.5. The van der Waals surface area contributed by atoms with Crippen molar-refractivity contribution in [1.82, 2.24) is 14.9 Å². The number of aliphatic hydroxyl groups excluding tert-OH is 1. The van der Waals surface area contributed by atoms with Gasteiger partial charge in [0.05, 0.1) is 31.0 Å². The quantitative estimate of drug-likeness (QED) is 0.437. The first-order valence-electron chi connectivity index (χ1n) is 11.3. The number of nitrogens with zero attached hydrogens (tertiary/aromatic N) is 3. The Labute approximate surface area is 207 Å². The molecule has 2 heterocycles. The molecule has 0 saturated heterocycles. The Balaban J connectivity index is 1.64. The van der Waals surface area contributed by atoms with Crippen molar-refractivity contribution in [1.29, 1.82) is 0 Å². The Bertz CT molecular complexity index is 1250. The number of hydrogen-bond donors (Lipinski definition) is 3. The highest BCUT2D eigenvalue weighted by Crippen LogP contribution is 2.36. The van der Waals surface area contributed by atoms with Crippen molar-refractivity contribution in [2.75, 3.05) is 25.6 Å². The minimum atomic E-state index is -1.33. The molecule has 2 amide bonds. The number of ether oxygens (including phenoxy) is 2. The number of rotatable bonds is 8. The Morgan fingerprint density at radius 2 is 1.89 bits per heavy atom. The van der Waals surface area contributed by atoms with E-state index in [-0.39, 0.29) is 36.0 Å². The number of methoxy groups -OCH3 is 1. The van der Waals surface area contributed by atoms with Gasteiger partial charge in [0, 0.05) is 30.6 Å². The van der Waals surface area contributed by atoms with Gasteiger partial charge in [-0.1, -0.05) is 36.4 Å². The Hall–Kier alpha value is -4.44. The van der Waals surface area contributed by atoms with E-state index in [0.717, 1.165) is 16.7 Å². The van der Waals surface area contributed by atoms with Crippen LogP contribution in [0.25, 0.3) is 5.57 Å². The highest BCUT2D eigenvalue weighted by Gasteiger charge is 2.30. The van der Waals surface area contributed by atoms with Crippen LogP contribution in [0.1, 0.15) is 27.9 Å². The summed E-state index contributed by atoms with van der Waals surface area (Å²) < 4.78 is 11.3. The number of nitrogens with one attached hydrogen (secondary N) is 1. The predicted molar refractivity (Wildman–Crippen MR) is 132 cm³/mol. The summed E-state index contributed by atoms with van der Waals surface area (Å²) in [4.78, 5) is 34.7. The average Bonchev–Trinajstić information content (AvgIpc) is 2.92. The minimum absolute atomic E-state index is 0.0549. The zero-order chi connectivity index (χ0) is 25.5. The maximum absolute atomic E-state index is 13.6. The smallest absolute Gasteiger partial charge is 0.409 e. The van der Waals surface area contributed by atoms with Gasteiger partial charge < -0.3 is 24.6 Å². The maximum Gasteiger partial charge on any atom is 0.409 e. The summed E-state index contributed by atoms with van der Waals surface area (Å²) in [6, 6.07) is 11.7. The van der Waals surface area contributed by atoms with Crippen LogP contribution < -0.4 is 14.8 Å². The van der Waals surface area contributed by atoms with Crippen LogP contribution in [0.3, 0.4) is 0 Å². The van der Waals surface area contributed by atoms with Crippen LogP contribution in [0.4, 0.5) is 10.5 Å². The molecule has 186 valence electrons. The standard InChI is InChI=1S/C26H26N4O6/c1-35-23-10-21(22(29-26(33)34)11-24(23)36-15-17-5-3-2-4-6-17)25(32)30-8-7-18(9-20(30)14-31)19-12-27-16-28-13-19/h2-6,9-13,16,20,29,31H,7-8,14-15H2,1H3,(H,33,34). The lowest BCUT2D eigenvalue weighted by atomic mass is 9.97. The molecule has 1 aliphatic heterocycles. The lowest BCUT2D eigenvalue weighted by Gasteiger charge is -2.34. The summed E-state index contributed by atoms with van der Waals surface area (Å²) in [7, 11) is 1.44. The van der Waals surface area contributed by atoms with Gasteiger partial charge in [0.15, 0.2) is 11.5 Å². The number of anilines is 1. The summed E-state index contributed by atoms with van der Waals surface area (Å²) in [5.41, 5.74) is 2.79. The van der Waals surface area contributed by atoms with Crippen LogP contribution in [0, 0.1) is 0 Å². The SMILES string of the molecule is COc1cc(C(=O)N2CCC(c3cncnc3)=CC2CO)c(NC(=O)O)cc1OCc1ccccc1. The van der Waals surface area contributed by atoms with Crippen molar-refractivity contribution in [3.8, 4) is 11.5 Å². The molecule has 10 heteroatoms. The molecule has 0 radical (unpaired) electrons. The molecule has 0 fully saturated rings. The van der Waals surface area contributed by atoms with E-state index in [1.165, 1.54) is 30.5 Å². The molecule has 4 rings (SSSR count). The van der Waals surface area contributed by atoms with E-state index in [0.29, 0.717) is 13.0 Å². The van der Waals surface area contributed by atoms with E-state index in [1.807, 2.05) is 30.3 Å². The van der Waals surface area contributed by atoms with Gasteiger partial charge in [-0.25, -0.2) is 14.8 Å². The molecule has 2 aromatic carbocycles. The third kappa shape index (κ3) is 5.61. The van der Waals surface area contributed by atoms with Gasteiger partial charge in [-0.3, -0.25) is 10.1 Å². The maximum atomic E-state index is 13.6. The molecular formula is C26H26N4O6. The minimum Gasteiger partial charge on any atom is -0.493 e. The molecule has 1 aromatic heterocycles. The molecule has 0 spiro atoms. The fraction of sp³-hybridized carbons (Fsp3) is 0.231. The second-order valence-electron chi connectivity index (χ2n) is 8.07. The number of carbonyl (C=O) groups is 2. The number of amides is 2. The lowest BCUT2D eigenvalue weighted by molar-refractivity contribution is 0.0648. The molecule has 3 aromatic rings. The molecule has 0 bridgehead atoms. The van der Waals surface area contributed by atoms with E-state index in [1.54, 1.807) is 18.5 Å². The van der Waals surface area contributed by atoms with Gasteiger partial charge in [-0.15, -0.1) is 0 Å². The molecule has 1 atom stereocenters. The largest absolute Gasteiger partial charge is 0.493 e. The average molecular weight is 491 g/mol. The second-order valence-corrected chi connectivity index (χ2v) is 8.07. The molecular weight excluding hydrogens is 464 g/mol. The van der Waals surface area contributed by atoms with Crippen LogP contribution in [-0.4, -0.2) is 63.4 Å². The molecule has 1 aliphatic rings. The zero-order valence-electron chi connectivity index (χ0n) is 19.6. The fourth-order valence-electron chi connectivity index (χ4n) is 4.04. The third-order valence-electron chi connectivity index (χ3n) is 5.81. The zero-order valence-corrected chi connectivity index (χ0v) is 19.6. The molecule has 36 heavy (non-hydrogen) atoms. The van der Waals surface area contributed by atoms with E-state index in [2.05, 4.69) is 15.3 Å². The fourth-order valence-corrected chi connectivity index (χ4v) is 4.04. The Morgan fingerprint density at radius 3 is 2.56 bits per heavy atom. The summed E-state index contributed by atoms with van der Waals surface area (Å²) in [6.07, 6.45) is 5.79. The van der Waals surface area contributed by atoms with Gasteiger partial charge >= 0.3 is 6.09 Å². The Morgan fingerprint density at radius 1 is 1.14 bits per heavy atom. The third-order valence-corrected chi connectivity index (χ3v) is 5.81. The van der Waals surface area contributed by atoms with Crippen LogP contribution >= 0.6 is 0 Å². The summed E-state index contributed by atoms with van der Waals surface area (Å²) >= 11 is 0. The van der Waals surface area contributed by atoms with Crippen molar-refractivity contribution in [2.24, 2.45) is 0 Å². The van der Waals surface area contributed by atoms with Gasteiger partial charge in [0.1, 0.15) is 12.9 Å². The van der Waals surface area contributed by atoms with Crippen molar-refractivity contribution in [3.63, 3.8) is 0 Å². The highest BCUT2D eigenvalue weighted by molar-refractivity contribution is 6.04. The van der Waals surface area contributed by atoms with Crippen molar-refractivity contribution in [2.45, 2.75) is 19.1 Å². The van der Waals surface area contributed by atoms with Crippen LogP contribution in [-0.2, 0) is 6.61 Å². The molecule has 3 N–H and O–H groups in total. The van der Waals surface area contributed by atoms with Gasteiger partial charge in [-0.2, -0.15) is 0 Å². The summed E-state index contributed by atoms with van der Waals surface area (Å²) in [5.74, 6) is 0.107. The summed E-state index contributed by atoms with van der Waals surface area (Å²) in [6.45, 7) is 0.235. The molecule has 1 unspecified atom stereocenters. The van der Waals surface area contributed by atoms with Gasteiger partial charge in [-0.05, 0) is 23.6 Å². The van der Waals surface area contributed by atoms with E-state index in [4.69, 9.17) is 9.47 Å². The monoisotopic (exact) mass is 490 g/mol. The molecule has 0 saturated carbocycles. The number of aliphatic hydroxyl groups is 1. The van der Waals surface area contributed by atoms with Crippen LogP contribution in [0.15, 0.2) is 67.3 Å². The van der Waals surface area contributed by atoms with Crippen LogP contribution in [0.2, 0.25) is 0 Å². The lowest BCUT2D eigenvalue weighted by Crippen LogP contribution is -2.44. The second kappa shape index (κ2) is 11.3. The van der Waals surface area contributed by atoms with E-state index < -0.39 is 18.0 Å². The van der Waals surface area contributed by atoms with Crippen molar-refractivity contribution >= 4 is 23.3 Å². The first-order chi connectivity index (χ1) is 17.5. The predicted octanol–water partition coefficient (Wildman–Crippen LogP) is 3.44. The van der Waals surface area contributed by atoms with Gasteiger partial charge in [0.2, 0.25) is 0 Å². The van der Waals surface area contributed by atoms with Crippen LogP contribution in [0.5, 0.6) is 11.5 Å². The molecule has 0 aliphatic carbocycles. The van der Waals surface area contributed by atoms with Crippen molar-refractivity contribution in [3.05, 3.63) is 84.0 Å². The van der Waals surface area contributed by atoms with Crippen molar-refractivity contribution < 1.29 is 29.3 Å². The number of benzene rings is 2. The van der Waals surface area contributed by atoms with E-state index >= 15 is 0 Å². The number of carboxylic acid groups (broad SMARTS) is 1. The van der Waals surface area contributed by atoms with E-state index in [9.17, 15) is 19.8 Å². The number of hydrogen-bond acceptors (Lipinski definition) is 7. The van der Waals surface area contributed by atoms with Gasteiger partial charge in [0.25, 0.3) is 5.91 Å². The molecule has 10 nitrogen and oxygen atoms in total. The first kappa shape index (κ1) is 24.7. The summed E-state index contributed by atoms with van der Waals surface area (Å²) in [5, 5.41) is 21.7. The number of aromatic nitrogens is 2. The topological polar surface area (TPSA) is 134 Å². The number of carbonyl (C=O) groups excluding carboxylic acids is 1. The normalized spacial score (nSPS) is 15.1. The Kier molecular flexibility index (Phi) is 7.76.